The normalized spacial score (nSPS) is 11.3. The highest BCUT2D eigenvalue weighted by Gasteiger charge is 2.14. The number of hydrogen-bond donors (Lipinski definition) is 4. The molecule has 142 valence electrons. The van der Waals surface area contributed by atoms with Crippen LogP contribution in [-0.2, 0) is 0 Å². The summed E-state index contributed by atoms with van der Waals surface area (Å²) in [6, 6.07) is 7.04. The van der Waals surface area contributed by atoms with Gasteiger partial charge >= 0.3 is 6.03 Å². The number of methoxy groups -OCH3 is 1. The Kier molecular flexibility index (Phi) is 6.89. The van der Waals surface area contributed by atoms with E-state index in [4.69, 9.17) is 10.1 Å². The van der Waals surface area contributed by atoms with Crippen LogP contribution in [0.5, 0.6) is 5.75 Å². The highest BCUT2D eigenvalue weighted by Crippen LogP contribution is 2.30. The van der Waals surface area contributed by atoms with Crippen molar-refractivity contribution in [2.45, 2.75) is 0 Å². The van der Waals surface area contributed by atoms with E-state index in [0.29, 0.717) is 33.2 Å². The standard InChI is InChI=1S/C18H17BrF2N4O2/c1-23-17(13(19)9-22)12-8-11(4-6-16(12)27-2)24-18(26)25-15-5-3-10(20)7-14(15)21/h3-9,22-23H,1-2H3,(H2,24,25,26)/b17-13+,22-9?. The van der Waals surface area contributed by atoms with E-state index in [-0.39, 0.29) is 5.69 Å². The minimum absolute atomic E-state index is 0.148. The number of halogens is 3. The van der Waals surface area contributed by atoms with Crippen molar-refractivity contribution >= 4 is 45.2 Å². The third-order valence-corrected chi connectivity index (χ3v) is 4.15. The number of ether oxygens (including phenoxy) is 1. The molecule has 2 rings (SSSR count). The molecule has 0 aromatic heterocycles. The topological polar surface area (TPSA) is 86.2 Å². The molecule has 0 aliphatic rings. The molecule has 0 heterocycles. The van der Waals surface area contributed by atoms with Crippen LogP contribution < -0.4 is 20.7 Å². The van der Waals surface area contributed by atoms with Gasteiger partial charge in [-0.3, -0.25) is 0 Å². The molecular weight excluding hydrogens is 422 g/mol. The van der Waals surface area contributed by atoms with Crippen LogP contribution in [0.2, 0.25) is 0 Å². The lowest BCUT2D eigenvalue weighted by molar-refractivity contribution is 0.262. The highest BCUT2D eigenvalue weighted by atomic mass is 79.9. The lowest BCUT2D eigenvalue weighted by atomic mass is 10.1. The second-order valence-corrected chi connectivity index (χ2v) is 6.09. The summed E-state index contributed by atoms with van der Waals surface area (Å²) < 4.78 is 32.4. The quantitative estimate of drug-likeness (QED) is 0.499. The molecule has 2 aromatic rings. The van der Waals surface area contributed by atoms with Gasteiger partial charge in [-0.15, -0.1) is 0 Å². The van der Waals surface area contributed by atoms with E-state index in [2.05, 4.69) is 31.9 Å². The summed E-state index contributed by atoms with van der Waals surface area (Å²) in [6.07, 6.45) is 1.12. The lowest BCUT2D eigenvalue weighted by Gasteiger charge is -2.15. The Bertz CT molecular complexity index is 903. The number of rotatable bonds is 6. The average molecular weight is 439 g/mol. The molecular formula is C18H17BrF2N4O2. The molecule has 0 aliphatic carbocycles. The van der Waals surface area contributed by atoms with Gasteiger partial charge in [-0.2, -0.15) is 0 Å². The zero-order valence-electron chi connectivity index (χ0n) is 14.5. The van der Waals surface area contributed by atoms with E-state index in [1.807, 2.05) is 0 Å². The summed E-state index contributed by atoms with van der Waals surface area (Å²) in [6.45, 7) is 0. The van der Waals surface area contributed by atoms with Gasteiger partial charge in [-0.1, -0.05) is 0 Å². The van der Waals surface area contributed by atoms with Crippen LogP contribution in [0.4, 0.5) is 25.0 Å². The number of anilines is 2. The van der Waals surface area contributed by atoms with Gasteiger partial charge in [0.25, 0.3) is 0 Å². The summed E-state index contributed by atoms with van der Waals surface area (Å²) in [4.78, 5) is 12.1. The smallest absolute Gasteiger partial charge is 0.323 e. The summed E-state index contributed by atoms with van der Waals surface area (Å²) in [7, 11) is 3.19. The number of nitrogens with one attached hydrogen (secondary N) is 4. The Labute approximate surface area is 163 Å². The van der Waals surface area contributed by atoms with Gasteiger partial charge < -0.3 is 26.1 Å². The zero-order valence-corrected chi connectivity index (χ0v) is 16.1. The van der Waals surface area contributed by atoms with Gasteiger partial charge in [0, 0.05) is 30.6 Å². The zero-order chi connectivity index (χ0) is 20.0. The first-order valence-electron chi connectivity index (χ1n) is 7.69. The van der Waals surface area contributed by atoms with Crippen molar-refractivity contribution in [2.24, 2.45) is 0 Å². The first kappa shape index (κ1) is 20.4. The van der Waals surface area contributed by atoms with E-state index in [1.165, 1.54) is 7.11 Å². The first-order chi connectivity index (χ1) is 12.9. The van der Waals surface area contributed by atoms with Gasteiger partial charge in [0.1, 0.15) is 17.4 Å². The molecule has 0 aliphatic heterocycles. The number of amides is 2. The molecule has 9 heteroatoms. The van der Waals surface area contributed by atoms with Crippen LogP contribution in [-0.4, -0.2) is 26.4 Å². The van der Waals surface area contributed by atoms with Gasteiger partial charge in [-0.05, 0) is 46.3 Å². The fraction of sp³-hybridized carbons (Fsp3) is 0.111. The monoisotopic (exact) mass is 438 g/mol. The van der Waals surface area contributed by atoms with E-state index in [9.17, 15) is 13.6 Å². The van der Waals surface area contributed by atoms with E-state index in [1.54, 1.807) is 25.2 Å². The second kappa shape index (κ2) is 9.13. The largest absolute Gasteiger partial charge is 0.496 e. The van der Waals surface area contributed by atoms with Gasteiger partial charge in [0.2, 0.25) is 0 Å². The van der Waals surface area contributed by atoms with Gasteiger partial charge in [0.05, 0.1) is 23.0 Å². The fourth-order valence-electron chi connectivity index (χ4n) is 2.31. The number of benzene rings is 2. The van der Waals surface area contributed by atoms with Crippen molar-refractivity contribution in [3.8, 4) is 5.75 Å². The van der Waals surface area contributed by atoms with E-state index >= 15 is 0 Å². The number of carbonyl (C=O) groups excluding carboxylic acids is 1. The molecule has 0 saturated carbocycles. The van der Waals surface area contributed by atoms with Crippen LogP contribution in [0.1, 0.15) is 5.56 Å². The molecule has 0 fully saturated rings. The van der Waals surface area contributed by atoms with Crippen LogP contribution in [0.15, 0.2) is 40.9 Å². The SMILES string of the molecule is CN/C(=C(/Br)C=N)c1cc(NC(=O)Nc2ccc(F)cc2F)ccc1OC. The second-order valence-electron chi connectivity index (χ2n) is 5.24. The van der Waals surface area contributed by atoms with Crippen molar-refractivity contribution in [2.75, 3.05) is 24.8 Å². The van der Waals surface area contributed by atoms with Crippen LogP contribution in [0.3, 0.4) is 0 Å². The van der Waals surface area contributed by atoms with Crippen molar-refractivity contribution < 1.29 is 18.3 Å². The molecule has 0 bridgehead atoms. The van der Waals surface area contributed by atoms with Crippen LogP contribution in [0, 0.1) is 17.0 Å². The molecule has 0 spiro atoms. The van der Waals surface area contributed by atoms with Gasteiger partial charge in [0.15, 0.2) is 0 Å². The molecule has 4 N–H and O–H groups in total. The number of carbonyl (C=O) groups is 1. The Morgan fingerprint density at radius 3 is 2.52 bits per heavy atom. The summed E-state index contributed by atoms with van der Waals surface area (Å²) in [5.74, 6) is -1.09. The molecule has 0 atom stereocenters. The van der Waals surface area contributed by atoms with Gasteiger partial charge in [-0.25, -0.2) is 13.6 Å². The number of hydrogen-bond acceptors (Lipinski definition) is 4. The lowest BCUT2D eigenvalue weighted by Crippen LogP contribution is -2.20. The molecule has 0 unspecified atom stereocenters. The predicted molar refractivity (Wildman–Crippen MR) is 106 cm³/mol. The van der Waals surface area contributed by atoms with Crippen LogP contribution in [0.25, 0.3) is 5.70 Å². The third kappa shape index (κ3) is 5.04. The highest BCUT2D eigenvalue weighted by molar-refractivity contribution is 9.12. The molecule has 6 nitrogen and oxygen atoms in total. The minimum Gasteiger partial charge on any atom is -0.496 e. The molecule has 2 amide bonds. The first-order valence-corrected chi connectivity index (χ1v) is 8.48. The third-order valence-electron chi connectivity index (χ3n) is 3.52. The Morgan fingerprint density at radius 2 is 1.93 bits per heavy atom. The molecule has 27 heavy (non-hydrogen) atoms. The van der Waals surface area contributed by atoms with Crippen molar-refractivity contribution in [1.82, 2.24) is 5.32 Å². The van der Waals surface area contributed by atoms with E-state index < -0.39 is 17.7 Å². The molecule has 0 saturated heterocycles. The Balaban J connectivity index is 2.27. The summed E-state index contributed by atoms with van der Waals surface area (Å²) in [5.41, 5.74) is 1.44. The maximum Gasteiger partial charge on any atom is 0.323 e. The Hall–Kier alpha value is -2.94. The molecule has 2 aromatic carbocycles. The van der Waals surface area contributed by atoms with Crippen LogP contribution >= 0.6 is 15.9 Å². The molecule has 0 radical (unpaired) electrons. The maximum absolute atomic E-state index is 13.7. The summed E-state index contributed by atoms with van der Waals surface area (Å²) >= 11 is 3.28. The van der Waals surface area contributed by atoms with Crippen molar-refractivity contribution in [3.05, 3.63) is 58.1 Å². The Morgan fingerprint density at radius 1 is 1.19 bits per heavy atom. The average Bonchev–Trinajstić information content (AvgIpc) is 2.64. The minimum atomic E-state index is -0.879. The predicted octanol–water partition coefficient (Wildman–Crippen LogP) is 4.55. The fourth-order valence-corrected chi connectivity index (χ4v) is 2.72. The number of allylic oxidation sites excluding steroid dienone is 1. The van der Waals surface area contributed by atoms with E-state index in [0.717, 1.165) is 18.3 Å². The van der Waals surface area contributed by atoms with Crippen molar-refractivity contribution in [1.29, 1.82) is 5.41 Å². The van der Waals surface area contributed by atoms with Crippen molar-refractivity contribution in [3.63, 3.8) is 0 Å². The summed E-state index contributed by atoms with van der Waals surface area (Å²) in [5, 5.41) is 15.2. The number of urea groups is 1. The maximum atomic E-state index is 13.7.